The van der Waals surface area contributed by atoms with Gasteiger partial charge in [0.15, 0.2) is 0 Å². The molecule has 0 atom stereocenters. The number of nitrogens with zero attached hydrogens (tertiary/aromatic N) is 2. The Balaban J connectivity index is 1.75. The summed E-state index contributed by atoms with van der Waals surface area (Å²) in [6.45, 7) is 7.99. The fourth-order valence-electron chi connectivity index (χ4n) is 2.50. The zero-order valence-electron chi connectivity index (χ0n) is 12.1. The fraction of sp³-hybridized carbons (Fsp3) is 0.467. The second kappa shape index (κ2) is 7.17. The van der Waals surface area contributed by atoms with Gasteiger partial charge in [-0.3, -0.25) is 9.80 Å². The molecule has 0 amide bonds. The highest BCUT2D eigenvalue weighted by Crippen LogP contribution is 2.12. The van der Waals surface area contributed by atoms with E-state index in [1.807, 2.05) is 6.08 Å². The van der Waals surface area contributed by atoms with Gasteiger partial charge in [0.25, 0.3) is 0 Å². The van der Waals surface area contributed by atoms with Crippen LogP contribution >= 0.6 is 0 Å². The third kappa shape index (κ3) is 5.59. The maximum Gasteiger partial charge on any atom is 0.0946 e. The monoisotopic (exact) mass is 309 g/mol. The Labute approximate surface area is 126 Å². The number of hydrogen-bond donors (Lipinski definition) is 0. The maximum absolute atomic E-state index is 10.6. The van der Waals surface area contributed by atoms with Crippen LogP contribution in [0.25, 0.3) is 6.08 Å². The van der Waals surface area contributed by atoms with Crippen LogP contribution in [0.1, 0.15) is 17.5 Å². The Morgan fingerprint density at radius 2 is 1.86 bits per heavy atom. The predicted octanol–water partition coefficient (Wildman–Crippen LogP) is 1.34. The molecule has 1 heterocycles. The van der Waals surface area contributed by atoms with Crippen molar-refractivity contribution >= 4 is 16.2 Å². The highest BCUT2D eigenvalue weighted by Gasteiger charge is 2.19. The zero-order valence-corrected chi connectivity index (χ0v) is 12.9. The van der Waals surface area contributed by atoms with E-state index in [-0.39, 0.29) is 5.75 Å². The van der Waals surface area contributed by atoms with Crippen molar-refractivity contribution < 1.29 is 13.0 Å². The molecule has 1 aromatic carbocycles. The highest BCUT2D eigenvalue weighted by molar-refractivity contribution is 7.85. The minimum absolute atomic E-state index is 0.271. The maximum atomic E-state index is 10.6. The molecule has 1 aromatic rings. The summed E-state index contributed by atoms with van der Waals surface area (Å²) >= 11 is 0. The van der Waals surface area contributed by atoms with Gasteiger partial charge in [0.1, 0.15) is 0 Å². The van der Waals surface area contributed by atoms with Gasteiger partial charge >= 0.3 is 0 Å². The van der Waals surface area contributed by atoms with Gasteiger partial charge < -0.3 is 4.55 Å². The first kappa shape index (κ1) is 16.2. The molecule has 21 heavy (non-hydrogen) atoms. The normalized spacial score (nSPS) is 17.2. The molecule has 0 aliphatic carbocycles. The van der Waals surface area contributed by atoms with Gasteiger partial charge in [-0.25, -0.2) is 8.42 Å². The van der Waals surface area contributed by atoms with Crippen LogP contribution < -0.4 is 0 Å². The van der Waals surface area contributed by atoms with Gasteiger partial charge in [-0.1, -0.05) is 36.9 Å². The lowest BCUT2D eigenvalue weighted by Crippen LogP contribution is -2.27. The van der Waals surface area contributed by atoms with E-state index >= 15 is 0 Å². The molecule has 0 unspecified atom stereocenters. The van der Waals surface area contributed by atoms with Crippen molar-refractivity contribution in [2.24, 2.45) is 0 Å². The first-order chi connectivity index (χ1) is 9.96. The quantitative estimate of drug-likeness (QED) is 0.711. The second-order valence-electron chi connectivity index (χ2n) is 5.37. The first-order valence-corrected chi connectivity index (χ1v) is 8.64. The van der Waals surface area contributed by atoms with Crippen molar-refractivity contribution in [3.63, 3.8) is 0 Å². The second-order valence-corrected chi connectivity index (χ2v) is 6.90. The van der Waals surface area contributed by atoms with E-state index in [0.29, 0.717) is 13.0 Å². The molecule has 0 N–H and O–H groups in total. The number of benzene rings is 1. The predicted molar refractivity (Wildman–Crippen MR) is 82.6 cm³/mol. The van der Waals surface area contributed by atoms with Crippen molar-refractivity contribution in [3.05, 3.63) is 42.0 Å². The summed E-state index contributed by atoms with van der Waals surface area (Å²) in [6.07, 6.45) is 2.24. The van der Waals surface area contributed by atoms with Gasteiger partial charge in [0, 0.05) is 31.9 Å². The molecular formula is C15H21N2O3S-. The Morgan fingerprint density at radius 3 is 2.48 bits per heavy atom. The standard InChI is InChI=1S/C15H22N2O3S/c1-2-14-4-6-15(7-5-14)12-17-10-9-16(13-17)8-3-11-21(18,19)20/h2,4-7H,1,3,8-13H2,(H,18,19,20)/p-1. The van der Waals surface area contributed by atoms with E-state index in [1.54, 1.807) is 0 Å². The van der Waals surface area contributed by atoms with Crippen molar-refractivity contribution in [2.45, 2.75) is 13.0 Å². The van der Waals surface area contributed by atoms with Crippen molar-refractivity contribution in [1.29, 1.82) is 0 Å². The van der Waals surface area contributed by atoms with Crippen LogP contribution in [0.15, 0.2) is 30.8 Å². The Morgan fingerprint density at radius 1 is 1.19 bits per heavy atom. The van der Waals surface area contributed by atoms with Crippen LogP contribution in [0.5, 0.6) is 0 Å². The van der Waals surface area contributed by atoms with E-state index in [0.717, 1.165) is 31.9 Å². The fourth-order valence-corrected chi connectivity index (χ4v) is 2.98. The van der Waals surface area contributed by atoms with Crippen molar-refractivity contribution in [3.8, 4) is 0 Å². The average Bonchev–Trinajstić information content (AvgIpc) is 2.86. The van der Waals surface area contributed by atoms with Gasteiger partial charge in [-0.15, -0.1) is 0 Å². The van der Waals surface area contributed by atoms with E-state index in [4.69, 9.17) is 0 Å². The smallest absolute Gasteiger partial charge is 0.0946 e. The third-order valence-electron chi connectivity index (χ3n) is 3.62. The third-order valence-corrected chi connectivity index (χ3v) is 4.41. The average molecular weight is 309 g/mol. The lowest BCUT2D eigenvalue weighted by Gasteiger charge is -2.18. The molecule has 0 aromatic heterocycles. The summed E-state index contributed by atoms with van der Waals surface area (Å²) in [5.41, 5.74) is 2.37. The summed E-state index contributed by atoms with van der Waals surface area (Å²) in [4.78, 5) is 4.50. The van der Waals surface area contributed by atoms with Crippen molar-refractivity contribution in [2.75, 3.05) is 32.1 Å². The Bertz CT molecular complexity index is 569. The van der Waals surface area contributed by atoms with Crippen LogP contribution in [-0.4, -0.2) is 54.8 Å². The van der Waals surface area contributed by atoms with Crippen LogP contribution in [-0.2, 0) is 16.7 Å². The van der Waals surface area contributed by atoms with Gasteiger partial charge in [-0.2, -0.15) is 0 Å². The molecule has 1 fully saturated rings. The largest absolute Gasteiger partial charge is 0.748 e. The van der Waals surface area contributed by atoms with E-state index in [1.165, 1.54) is 5.56 Å². The van der Waals surface area contributed by atoms with Gasteiger partial charge in [0.2, 0.25) is 0 Å². The summed E-state index contributed by atoms with van der Waals surface area (Å²) in [7, 11) is -4.08. The lowest BCUT2D eigenvalue weighted by molar-refractivity contribution is 0.240. The molecule has 1 aliphatic heterocycles. The molecule has 116 valence electrons. The Hall–Kier alpha value is -1.21. The van der Waals surface area contributed by atoms with Crippen LogP contribution in [0.2, 0.25) is 0 Å². The lowest BCUT2D eigenvalue weighted by atomic mass is 10.1. The van der Waals surface area contributed by atoms with E-state index < -0.39 is 10.1 Å². The van der Waals surface area contributed by atoms with Crippen LogP contribution in [0.4, 0.5) is 0 Å². The van der Waals surface area contributed by atoms with Gasteiger partial charge in [0.05, 0.1) is 16.8 Å². The molecule has 0 saturated carbocycles. The molecular weight excluding hydrogens is 288 g/mol. The molecule has 0 bridgehead atoms. The Kier molecular flexibility index (Phi) is 5.52. The van der Waals surface area contributed by atoms with E-state index in [9.17, 15) is 13.0 Å². The molecule has 1 saturated heterocycles. The molecule has 5 nitrogen and oxygen atoms in total. The van der Waals surface area contributed by atoms with Gasteiger partial charge in [-0.05, 0) is 17.5 Å². The minimum Gasteiger partial charge on any atom is -0.748 e. The molecule has 2 rings (SSSR count). The highest BCUT2D eigenvalue weighted by atomic mass is 32.2. The van der Waals surface area contributed by atoms with Crippen LogP contribution in [0, 0.1) is 0 Å². The summed E-state index contributed by atoms with van der Waals surface area (Å²) in [6, 6.07) is 8.30. The summed E-state index contributed by atoms with van der Waals surface area (Å²) in [5.74, 6) is -0.271. The summed E-state index contributed by atoms with van der Waals surface area (Å²) in [5, 5.41) is 0. The number of rotatable bonds is 7. The first-order valence-electron chi connectivity index (χ1n) is 7.06. The van der Waals surface area contributed by atoms with Crippen LogP contribution in [0.3, 0.4) is 0 Å². The number of hydrogen-bond acceptors (Lipinski definition) is 5. The molecule has 0 radical (unpaired) electrons. The zero-order chi connectivity index (χ0) is 15.3. The summed E-state index contributed by atoms with van der Waals surface area (Å²) < 4.78 is 31.7. The minimum atomic E-state index is -4.08. The van der Waals surface area contributed by atoms with E-state index in [2.05, 4.69) is 40.6 Å². The molecule has 1 aliphatic rings. The van der Waals surface area contributed by atoms with Crippen molar-refractivity contribution in [1.82, 2.24) is 9.80 Å². The molecule has 6 heteroatoms. The molecule has 0 spiro atoms. The SMILES string of the molecule is C=Cc1ccc(CN2CCN(CCCS(=O)(=O)[O-])C2)cc1. The topological polar surface area (TPSA) is 63.7 Å².